The van der Waals surface area contributed by atoms with E-state index in [0.717, 1.165) is 12.8 Å². The first-order chi connectivity index (χ1) is 7.00. The lowest BCUT2D eigenvalue weighted by Crippen LogP contribution is -2.64. The lowest BCUT2D eigenvalue weighted by Gasteiger charge is -2.47. The zero-order valence-electron chi connectivity index (χ0n) is 9.82. The fourth-order valence-electron chi connectivity index (χ4n) is 2.01. The Hall–Kier alpha value is -0.610. The lowest BCUT2D eigenvalue weighted by atomic mass is 9.93. The maximum Gasteiger partial charge on any atom is 0.323 e. The first kappa shape index (κ1) is 12.5. The van der Waals surface area contributed by atoms with Crippen LogP contribution in [0.3, 0.4) is 0 Å². The molecule has 1 N–H and O–H groups in total. The predicted octanol–water partition coefficient (Wildman–Crippen LogP) is 0.785. The van der Waals surface area contributed by atoms with Crippen LogP contribution in [0.15, 0.2) is 0 Å². The standard InChI is InChI=1S/C11H21NO3/c1-4-6-9(10(13)15-5-2)12-7-11(3,14)8-12/h9,14H,4-8H2,1-3H3. The Balaban J connectivity index is 2.48. The van der Waals surface area contributed by atoms with Crippen LogP contribution in [0.4, 0.5) is 0 Å². The highest BCUT2D eigenvalue weighted by Gasteiger charge is 2.42. The van der Waals surface area contributed by atoms with Gasteiger partial charge in [-0.05, 0) is 20.3 Å². The van der Waals surface area contributed by atoms with Gasteiger partial charge >= 0.3 is 5.97 Å². The second-order valence-corrected chi connectivity index (χ2v) is 4.46. The molecule has 0 saturated carbocycles. The third-order valence-corrected chi connectivity index (χ3v) is 2.65. The highest BCUT2D eigenvalue weighted by Crippen LogP contribution is 2.24. The molecule has 1 unspecified atom stereocenters. The minimum atomic E-state index is -0.627. The quantitative estimate of drug-likeness (QED) is 0.689. The van der Waals surface area contributed by atoms with E-state index in [9.17, 15) is 9.90 Å². The van der Waals surface area contributed by atoms with Crippen molar-refractivity contribution in [2.24, 2.45) is 0 Å². The zero-order chi connectivity index (χ0) is 11.5. The number of aliphatic hydroxyl groups is 1. The zero-order valence-corrected chi connectivity index (χ0v) is 9.82. The molecule has 1 rings (SSSR count). The summed E-state index contributed by atoms with van der Waals surface area (Å²) in [6.07, 6.45) is 1.75. The van der Waals surface area contributed by atoms with Crippen LogP contribution >= 0.6 is 0 Å². The molecule has 4 nitrogen and oxygen atoms in total. The van der Waals surface area contributed by atoms with Crippen molar-refractivity contribution in [3.63, 3.8) is 0 Å². The summed E-state index contributed by atoms with van der Waals surface area (Å²) in [6.45, 7) is 7.20. The molecular formula is C11H21NO3. The van der Waals surface area contributed by atoms with Gasteiger partial charge in [-0.25, -0.2) is 0 Å². The Bertz CT molecular complexity index is 220. The van der Waals surface area contributed by atoms with Crippen molar-refractivity contribution >= 4 is 5.97 Å². The Morgan fingerprint density at radius 2 is 2.13 bits per heavy atom. The molecule has 0 spiro atoms. The number of hydrogen-bond donors (Lipinski definition) is 1. The summed E-state index contributed by atoms with van der Waals surface area (Å²) in [5, 5.41) is 9.62. The van der Waals surface area contributed by atoms with Gasteiger partial charge in [0.05, 0.1) is 12.2 Å². The van der Waals surface area contributed by atoms with Crippen LogP contribution < -0.4 is 0 Å². The first-order valence-electron chi connectivity index (χ1n) is 5.63. The van der Waals surface area contributed by atoms with E-state index in [1.54, 1.807) is 6.92 Å². The van der Waals surface area contributed by atoms with Gasteiger partial charge in [-0.3, -0.25) is 9.69 Å². The second-order valence-electron chi connectivity index (χ2n) is 4.46. The number of rotatable bonds is 5. The topological polar surface area (TPSA) is 49.8 Å². The van der Waals surface area contributed by atoms with E-state index in [4.69, 9.17) is 4.74 Å². The van der Waals surface area contributed by atoms with Gasteiger partial charge in [0.2, 0.25) is 0 Å². The van der Waals surface area contributed by atoms with E-state index in [2.05, 4.69) is 0 Å². The van der Waals surface area contributed by atoms with Gasteiger partial charge in [-0.2, -0.15) is 0 Å². The molecule has 0 aromatic rings. The van der Waals surface area contributed by atoms with Crippen molar-refractivity contribution in [3.05, 3.63) is 0 Å². The van der Waals surface area contributed by atoms with Crippen molar-refractivity contribution in [2.45, 2.75) is 45.3 Å². The van der Waals surface area contributed by atoms with Crippen molar-refractivity contribution in [1.29, 1.82) is 0 Å². The average Bonchev–Trinajstić information content (AvgIpc) is 2.10. The Kier molecular flexibility index (Phi) is 4.11. The van der Waals surface area contributed by atoms with Gasteiger partial charge in [0.1, 0.15) is 6.04 Å². The number of carbonyl (C=O) groups excluding carboxylic acids is 1. The summed E-state index contributed by atoms with van der Waals surface area (Å²) in [5.41, 5.74) is -0.627. The lowest BCUT2D eigenvalue weighted by molar-refractivity contribution is -0.161. The molecule has 1 atom stereocenters. The Morgan fingerprint density at radius 3 is 2.53 bits per heavy atom. The van der Waals surface area contributed by atoms with Crippen LogP contribution in [-0.2, 0) is 9.53 Å². The molecule has 0 aromatic carbocycles. The highest BCUT2D eigenvalue weighted by atomic mass is 16.5. The largest absolute Gasteiger partial charge is 0.465 e. The number of likely N-dealkylation sites (tertiary alicyclic amines) is 1. The van der Waals surface area contributed by atoms with Crippen LogP contribution in [0.1, 0.15) is 33.6 Å². The number of hydrogen-bond acceptors (Lipinski definition) is 4. The van der Waals surface area contributed by atoms with E-state index in [1.165, 1.54) is 0 Å². The number of carbonyl (C=O) groups is 1. The number of nitrogens with zero attached hydrogens (tertiary/aromatic N) is 1. The third kappa shape index (κ3) is 3.18. The third-order valence-electron chi connectivity index (χ3n) is 2.65. The smallest absolute Gasteiger partial charge is 0.323 e. The summed E-state index contributed by atoms with van der Waals surface area (Å²) in [6, 6.07) is -0.171. The summed E-state index contributed by atoms with van der Waals surface area (Å²) >= 11 is 0. The van der Waals surface area contributed by atoms with Gasteiger partial charge in [-0.15, -0.1) is 0 Å². The van der Waals surface area contributed by atoms with Crippen molar-refractivity contribution < 1.29 is 14.6 Å². The van der Waals surface area contributed by atoms with Crippen molar-refractivity contribution in [1.82, 2.24) is 4.90 Å². The SMILES string of the molecule is CCCC(C(=O)OCC)N1CC(C)(O)C1. The summed E-state index contributed by atoms with van der Waals surface area (Å²) in [4.78, 5) is 13.6. The molecule has 1 aliphatic heterocycles. The normalized spacial score (nSPS) is 21.9. The maximum atomic E-state index is 11.6. The molecule has 1 fully saturated rings. The molecular weight excluding hydrogens is 194 g/mol. The fraction of sp³-hybridized carbons (Fsp3) is 0.909. The number of esters is 1. The molecule has 1 heterocycles. The van der Waals surface area contributed by atoms with Crippen molar-refractivity contribution in [3.8, 4) is 0 Å². The van der Waals surface area contributed by atoms with E-state index in [0.29, 0.717) is 19.7 Å². The Labute approximate surface area is 91.2 Å². The minimum absolute atomic E-state index is 0.158. The van der Waals surface area contributed by atoms with Gasteiger partial charge in [0.25, 0.3) is 0 Å². The van der Waals surface area contributed by atoms with Crippen LogP contribution in [0, 0.1) is 0 Å². The number of β-amino-alcohol motifs (C(OH)–C–C–N with tert-alkyl or cyclic N) is 1. The number of ether oxygens (including phenoxy) is 1. The molecule has 88 valence electrons. The predicted molar refractivity (Wildman–Crippen MR) is 57.5 cm³/mol. The molecule has 0 bridgehead atoms. The van der Waals surface area contributed by atoms with Crippen LogP contribution in [0.5, 0.6) is 0 Å². The van der Waals surface area contributed by atoms with Gasteiger partial charge in [0, 0.05) is 13.1 Å². The van der Waals surface area contributed by atoms with Gasteiger partial charge in [-0.1, -0.05) is 13.3 Å². The van der Waals surface area contributed by atoms with Crippen LogP contribution in [0.2, 0.25) is 0 Å². The molecule has 0 radical (unpaired) electrons. The molecule has 15 heavy (non-hydrogen) atoms. The molecule has 0 aromatic heterocycles. The monoisotopic (exact) mass is 215 g/mol. The minimum Gasteiger partial charge on any atom is -0.465 e. The fourth-order valence-corrected chi connectivity index (χ4v) is 2.01. The van der Waals surface area contributed by atoms with Crippen LogP contribution in [0.25, 0.3) is 0 Å². The molecule has 0 amide bonds. The average molecular weight is 215 g/mol. The van der Waals surface area contributed by atoms with Crippen LogP contribution in [-0.4, -0.2) is 47.3 Å². The van der Waals surface area contributed by atoms with Gasteiger partial charge in [0.15, 0.2) is 0 Å². The van der Waals surface area contributed by atoms with E-state index in [-0.39, 0.29) is 12.0 Å². The molecule has 1 aliphatic rings. The molecule has 4 heteroatoms. The van der Waals surface area contributed by atoms with E-state index < -0.39 is 5.60 Å². The first-order valence-corrected chi connectivity index (χ1v) is 5.63. The Morgan fingerprint density at radius 1 is 1.53 bits per heavy atom. The van der Waals surface area contributed by atoms with Crippen molar-refractivity contribution in [2.75, 3.05) is 19.7 Å². The summed E-state index contributed by atoms with van der Waals surface area (Å²) < 4.78 is 5.02. The van der Waals surface area contributed by atoms with E-state index in [1.807, 2.05) is 18.7 Å². The second kappa shape index (κ2) is 4.94. The van der Waals surface area contributed by atoms with Gasteiger partial charge < -0.3 is 9.84 Å². The molecule has 1 saturated heterocycles. The van der Waals surface area contributed by atoms with E-state index >= 15 is 0 Å². The summed E-state index contributed by atoms with van der Waals surface area (Å²) in [7, 11) is 0. The maximum absolute atomic E-state index is 11.6. The summed E-state index contributed by atoms with van der Waals surface area (Å²) in [5.74, 6) is -0.158. The molecule has 0 aliphatic carbocycles. The highest BCUT2D eigenvalue weighted by molar-refractivity contribution is 5.76.